The Morgan fingerprint density at radius 1 is 1.09 bits per heavy atom. The number of benzene rings is 2. The van der Waals surface area contributed by atoms with Crippen LogP contribution >= 0.6 is 0 Å². The smallest absolute Gasteiger partial charge is 0.251 e. The van der Waals surface area contributed by atoms with Crippen molar-refractivity contribution in [1.29, 1.82) is 0 Å². The van der Waals surface area contributed by atoms with E-state index in [-0.39, 0.29) is 5.56 Å². The van der Waals surface area contributed by atoms with E-state index in [1.807, 2.05) is 0 Å². The number of amides is 1. The van der Waals surface area contributed by atoms with Gasteiger partial charge in [-0.15, -0.1) is 0 Å². The Balaban J connectivity index is 2.10. The number of nitrogens with one attached hydrogen (secondary N) is 1. The van der Waals surface area contributed by atoms with Crippen LogP contribution < -0.4 is 5.32 Å². The van der Waals surface area contributed by atoms with Crippen LogP contribution in [0.5, 0.6) is 0 Å². The second kappa shape index (κ2) is 6.66. The quantitative estimate of drug-likeness (QED) is 0.912. The highest BCUT2D eigenvalue weighted by atomic mass is 19.1. The number of aliphatic hydroxyl groups is 1. The highest BCUT2D eigenvalue weighted by Gasteiger charge is 2.20. The van der Waals surface area contributed by atoms with Crippen LogP contribution in [-0.4, -0.2) is 17.1 Å². The molecule has 5 heteroatoms. The van der Waals surface area contributed by atoms with Crippen molar-refractivity contribution in [2.75, 3.05) is 0 Å². The first-order valence-corrected chi connectivity index (χ1v) is 6.89. The summed E-state index contributed by atoms with van der Waals surface area (Å²) in [7, 11) is 0. The Hall–Kier alpha value is -2.27. The zero-order valence-electron chi connectivity index (χ0n) is 12.3. The molecule has 116 valence electrons. The van der Waals surface area contributed by atoms with Crippen LogP contribution in [0.15, 0.2) is 42.5 Å². The summed E-state index contributed by atoms with van der Waals surface area (Å²) in [5.74, 6) is -1.36. The normalized spacial score (nSPS) is 13.5. The number of aliphatic hydroxyl groups excluding tert-OH is 1. The predicted octanol–water partition coefficient (Wildman–Crippen LogP) is 3.13. The van der Waals surface area contributed by atoms with Gasteiger partial charge in [-0.25, -0.2) is 8.78 Å². The molecule has 2 unspecified atom stereocenters. The predicted molar refractivity (Wildman–Crippen MR) is 79.4 cm³/mol. The molecule has 0 bridgehead atoms. The number of aryl methyl sites for hydroxylation is 1. The zero-order valence-corrected chi connectivity index (χ0v) is 12.3. The summed E-state index contributed by atoms with van der Waals surface area (Å²) in [4.78, 5) is 12.2. The summed E-state index contributed by atoms with van der Waals surface area (Å²) in [5.41, 5.74) is 1.35. The van der Waals surface area contributed by atoms with Gasteiger partial charge in [0.25, 0.3) is 5.91 Å². The molecule has 0 saturated carbocycles. The van der Waals surface area contributed by atoms with Gasteiger partial charge in [0.15, 0.2) is 0 Å². The van der Waals surface area contributed by atoms with Gasteiger partial charge in [-0.05, 0) is 49.2 Å². The Morgan fingerprint density at radius 2 is 1.68 bits per heavy atom. The van der Waals surface area contributed by atoms with Crippen LogP contribution in [0.4, 0.5) is 8.78 Å². The molecule has 3 nitrogen and oxygen atoms in total. The monoisotopic (exact) mass is 305 g/mol. The van der Waals surface area contributed by atoms with Gasteiger partial charge in [0, 0.05) is 5.56 Å². The Labute approximate surface area is 127 Å². The zero-order chi connectivity index (χ0) is 16.3. The van der Waals surface area contributed by atoms with Gasteiger partial charge < -0.3 is 10.4 Å². The number of halogens is 2. The summed E-state index contributed by atoms with van der Waals surface area (Å²) in [6, 6.07) is 8.73. The minimum absolute atomic E-state index is 0.221. The van der Waals surface area contributed by atoms with Crippen LogP contribution in [0.3, 0.4) is 0 Å². The van der Waals surface area contributed by atoms with Gasteiger partial charge in [-0.1, -0.05) is 18.2 Å². The van der Waals surface area contributed by atoms with Crippen molar-refractivity contribution >= 4 is 5.91 Å². The highest BCUT2D eigenvalue weighted by molar-refractivity contribution is 5.95. The van der Waals surface area contributed by atoms with E-state index in [1.165, 1.54) is 36.4 Å². The summed E-state index contributed by atoms with van der Waals surface area (Å²) in [5, 5.41) is 12.8. The Kier molecular flexibility index (Phi) is 4.88. The molecule has 0 aromatic heterocycles. The Bertz CT molecular complexity index is 671. The molecule has 2 atom stereocenters. The van der Waals surface area contributed by atoms with Crippen LogP contribution in [0.1, 0.15) is 34.5 Å². The molecule has 0 fully saturated rings. The topological polar surface area (TPSA) is 49.3 Å². The van der Waals surface area contributed by atoms with E-state index >= 15 is 0 Å². The van der Waals surface area contributed by atoms with Crippen molar-refractivity contribution in [1.82, 2.24) is 5.32 Å². The van der Waals surface area contributed by atoms with E-state index in [0.29, 0.717) is 11.1 Å². The van der Waals surface area contributed by atoms with E-state index in [4.69, 9.17) is 0 Å². The lowest BCUT2D eigenvalue weighted by Gasteiger charge is -2.21. The summed E-state index contributed by atoms with van der Waals surface area (Å²) >= 11 is 0. The standard InChI is InChI=1S/C17H17F2NO2/c1-10-3-6-14(19)9-15(10)17(22)20-11(2)16(21)12-4-7-13(18)8-5-12/h3-9,11,16,21H,1-2H3,(H,20,22). The van der Waals surface area contributed by atoms with Gasteiger partial charge >= 0.3 is 0 Å². The van der Waals surface area contributed by atoms with E-state index < -0.39 is 29.7 Å². The molecule has 0 heterocycles. The lowest BCUT2D eigenvalue weighted by molar-refractivity contribution is 0.0851. The minimum Gasteiger partial charge on any atom is -0.386 e. The third-order valence-electron chi connectivity index (χ3n) is 3.49. The second-order valence-electron chi connectivity index (χ2n) is 5.22. The van der Waals surface area contributed by atoms with Crippen LogP contribution in [0.25, 0.3) is 0 Å². The fourth-order valence-electron chi connectivity index (χ4n) is 2.15. The van der Waals surface area contributed by atoms with Crippen molar-refractivity contribution in [3.05, 3.63) is 70.8 Å². The van der Waals surface area contributed by atoms with Crippen LogP contribution in [-0.2, 0) is 0 Å². The van der Waals surface area contributed by atoms with Crippen molar-refractivity contribution in [3.63, 3.8) is 0 Å². The average Bonchev–Trinajstić information content (AvgIpc) is 2.49. The molecule has 2 aromatic carbocycles. The van der Waals surface area contributed by atoms with Gasteiger partial charge in [0.2, 0.25) is 0 Å². The largest absolute Gasteiger partial charge is 0.386 e. The number of carbonyl (C=O) groups excluding carboxylic acids is 1. The number of rotatable bonds is 4. The molecule has 0 spiro atoms. The molecule has 2 rings (SSSR count). The molecule has 0 saturated heterocycles. The van der Waals surface area contributed by atoms with Gasteiger partial charge in [-0.2, -0.15) is 0 Å². The fraction of sp³-hybridized carbons (Fsp3) is 0.235. The SMILES string of the molecule is Cc1ccc(F)cc1C(=O)NC(C)C(O)c1ccc(F)cc1. The number of carbonyl (C=O) groups is 1. The summed E-state index contributed by atoms with van der Waals surface area (Å²) in [6.07, 6.45) is -0.988. The highest BCUT2D eigenvalue weighted by Crippen LogP contribution is 2.18. The first kappa shape index (κ1) is 16.1. The second-order valence-corrected chi connectivity index (χ2v) is 5.22. The van der Waals surface area contributed by atoms with Crippen LogP contribution in [0, 0.1) is 18.6 Å². The first-order valence-electron chi connectivity index (χ1n) is 6.89. The lowest BCUT2D eigenvalue weighted by atomic mass is 10.0. The van der Waals surface area contributed by atoms with Crippen molar-refractivity contribution in [3.8, 4) is 0 Å². The van der Waals surface area contributed by atoms with E-state index in [2.05, 4.69) is 5.32 Å². The van der Waals surface area contributed by atoms with Crippen LogP contribution in [0.2, 0.25) is 0 Å². The molecule has 0 aliphatic carbocycles. The third-order valence-corrected chi connectivity index (χ3v) is 3.49. The molecule has 0 aliphatic heterocycles. The molecule has 1 amide bonds. The van der Waals surface area contributed by atoms with Crippen molar-refractivity contribution in [2.45, 2.75) is 26.0 Å². The molecular weight excluding hydrogens is 288 g/mol. The van der Waals surface area contributed by atoms with Gasteiger partial charge in [-0.3, -0.25) is 4.79 Å². The molecule has 0 radical (unpaired) electrons. The molecule has 2 aromatic rings. The average molecular weight is 305 g/mol. The van der Waals surface area contributed by atoms with Crippen molar-refractivity contribution in [2.24, 2.45) is 0 Å². The van der Waals surface area contributed by atoms with E-state index in [9.17, 15) is 18.7 Å². The fourth-order valence-corrected chi connectivity index (χ4v) is 2.15. The summed E-state index contributed by atoms with van der Waals surface area (Å²) < 4.78 is 26.1. The molecule has 0 aliphatic rings. The van der Waals surface area contributed by atoms with E-state index in [1.54, 1.807) is 13.8 Å². The maximum atomic E-state index is 13.2. The minimum atomic E-state index is -0.988. The Morgan fingerprint density at radius 3 is 2.32 bits per heavy atom. The lowest BCUT2D eigenvalue weighted by Crippen LogP contribution is -2.37. The maximum Gasteiger partial charge on any atom is 0.251 e. The molecular formula is C17H17F2NO2. The summed E-state index contributed by atoms with van der Waals surface area (Å²) in [6.45, 7) is 3.33. The maximum absolute atomic E-state index is 13.2. The van der Waals surface area contributed by atoms with E-state index in [0.717, 1.165) is 6.07 Å². The van der Waals surface area contributed by atoms with Crippen molar-refractivity contribution < 1.29 is 18.7 Å². The molecule has 22 heavy (non-hydrogen) atoms. The number of hydrogen-bond donors (Lipinski definition) is 2. The first-order chi connectivity index (χ1) is 10.4. The molecule has 2 N–H and O–H groups in total. The number of hydrogen-bond acceptors (Lipinski definition) is 2. The van der Waals surface area contributed by atoms with Gasteiger partial charge in [0.1, 0.15) is 11.6 Å². The third kappa shape index (κ3) is 3.68. The van der Waals surface area contributed by atoms with Gasteiger partial charge in [0.05, 0.1) is 12.1 Å².